The summed E-state index contributed by atoms with van der Waals surface area (Å²) in [5.74, 6) is 0.0216. The molecule has 1 aliphatic heterocycles. The summed E-state index contributed by atoms with van der Waals surface area (Å²) in [4.78, 5) is 17.0. The second-order valence-electron chi connectivity index (χ2n) is 8.08. The van der Waals surface area contributed by atoms with Crippen LogP contribution in [0.1, 0.15) is 34.8 Å². The van der Waals surface area contributed by atoms with Gasteiger partial charge in [0.2, 0.25) is 0 Å². The maximum absolute atomic E-state index is 12.1. The largest absolute Gasteiger partial charge is 0.459 e. The zero-order valence-electron chi connectivity index (χ0n) is 18.1. The average Bonchev–Trinajstić information content (AvgIpc) is 3.59. The lowest BCUT2D eigenvalue weighted by atomic mass is 10.2. The van der Waals surface area contributed by atoms with Crippen molar-refractivity contribution in [1.82, 2.24) is 9.55 Å². The first-order valence-electron chi connectivity index (χ1n) is 10.8. The van der Waals surface area contributed by atoms with Gasteiger partial charge in [-0.1, -0.05) is 0 Å². The Bertz CT molecular complexity index is 1220. The van der Waals surface area contributed by atoms with Crippen molar-refractivity contribution in [1.29, 1.82) is 0 Å². The van der Waals surface area contributed by atoms with E-state index in [1.54, 1.807) is 23.5 Å². The number of thiazole rings is 1. The van der Waals surface area contributed by atoms with Gasteiger partial charge in [0, 0.05) is 46.7 Å². The van der Waals surface area contributed by atoms with Gasteiger partial charge in [0.1, 0.15) is 5.01 Å². The summed E-state index contributed by atoms with van der Waals surface area (Å²) >= 11 is 1.62. The summed E-state index contributed by atoms with van der Waals surface area (Å²) < 4.78 is 13.3. The number of benzene rings is 1. The smallest absolute Gasteiger partial charge is 0.291 e. The van der Waals surface area contributed by atoms with Gasteiger partial charge in [0.05, 0.1) is 18.1 Å². The number of amides is 1. The predicted molar refractivity (Wildman–Crippen MR) is 126 cm³/mol. The lowest BCUT2D eigenvalue weighted by Crippen LogP contribution is -2.16. The minimum atomic E-state index is -0.266. The molecular formula is C25H25N3O3S. The normalized spacial score (nSPS) is 15.9. The van der Waals surface area contributed by atoms with Gasteiger partial charge in [-0.25, -0.2) is 4.98 Å². The van der Waals surface area contributed by atoms with Gasteiger partial charge in [0.15, 0.2) is 5.76 Å². The quantitative estimate of drug-likeness (QED) is 0.398. The zero-order valence-corrected chi connectivity index (χ0v) is 18.9. The van der Waals surface area contributed by atoms with Crippen molar-refractivity contribution in [2.75, 3.05) is 11.9 Å². The maximum Gasteiger partial charge on any atom is 0.291 e. The maximum atomic E-state index is 12.1. The van der Waals surface area contributed by atoms with Crippen molar-refractivity contribution < 1.29 is 13.9 Å². The molecule has 0 spiro atoms. The van der Waals surface area contributed by atoms with Crippen molar-refractivity contribution in [2.24, 2.45) is 0 Å². The molecule has 1 aliphatic rings. The summed E-state index contributed by atoms with van der Waals surface area (Å²) in [5.41, 5.74) is 6.36. The van der Waals surface area contributed by atoms with Gasteiger partial charge in [-0.2, -0.15) is 0 Å². The standard InChI is InChI=1S/C25H25N3O3S/c1-16-13-21(17(2)28(16)14-20-5-3-11-30-20)22-15-32-25(27-22)18-7-9-19(10-8-18)26-24(29)23-6-4-12-31-23/h4,6-10,12-13,15,20H,3,5,11,14H2,1-2H3,(H,26,29). The molecule has 0 aliphatic carbocycles. The van der Waals surface area contributed by atoms with Gasteiger partial charge in [-0.15, -0.1) is 11.3 Å². The van der Waals surface area contributed by atoms with Crippen LogP contribution >= 0.6 is 11.3 Å². The lowest BCUT2D eigenvalue weighted by Gasteiger charge is -2.14. The molecule has 0 radical (unpaired) electrons. The van der Waals surface area contributed by atoms with Gasteiger partial charge in [0.25, 0.3) is 5.91 Å². The second kappa shape index (κ2) is 8.76. The highest BCUT2D eigenvalue weighted by molar-refractivity contribution is 7.13. The van der Waals surface area contributed by atoms with E-state index in [0.717, 1.165) is 42.3 Å². The van der Waals surface area contributed by atoms with E-state index >= 15 is 0 Å². The summed E-state index contributed by atoms with van der Waals surface area (Å²) in [6, 6.07) is 13.3. The number of furan rings is 1. The molecule has 4 heterocycles. The number of ether oxygens (including phenoxy) is 1. The Kier molecular flexibility index (Phi) is 5.68. The lowest BCUT2D eigenvalue weighted by molar-refractivity contribution is 0.0962. The van der Waals surface area contributed by atoms with Crippen molar-refractivity contribution >= 4 is 22.9 Å². The molecule has 1 saturated heterocycles. The fourth-order valence-corrected chi connectivity index (χ4v) is 4.99. The van der Waals surface area contributed by atoms with Crippen LogP contribution in [0.4, 0.5) is 5.69 Å². The Labute approximate surface area is 190 Å². The minimum Gasteiger partial charge on any atom is -0.459 e. The molecule has 0 saturated carbocycles. The van der Waals surface area contributed by atoms with Crippen LogP contribution in [0.5, 0.6) is 0 Å². The molecule has 32 heavy (non-hydrogen) atoms. The summed E-state index contributed by atoms with van der Waals surface area (Å²) in [7, 11) is 0. The van der Waals surface area contributed by atoms with Crippen molar-refractivity contribution in [2.45, 2.75) is 39.3 Å². The number of aromatic nitrogens is 2. The Hall–Kier alpha value is -3.16. The van der Waals surface area contributed by atoms with Crippen LogP contribution in [0.3, 0.4) is 0 Å². The molecule has 6 nitrogen and oxygen atoms in total. The van der Waals surface area contributed by atoms with Crippen LogP contribution in [0.2, 0.25) is 0 Å². The van der Waals surface area contributed by atoms with Crippen molar-refractivity contribution in [3.63, 3.8) is 0 Å². The van der Waals surface area contributed by atoms with Crippen molar-refractivity contribution in [3.8, 4) is 21.8 Å². The minimum absolute atomic E-state index is 0.266. The molecule has 3 aromatic heterocycles. The highest BCUT2D eigenvalue weighted by Crippen LogP contribution is 2.33. The molecule has 4 aromatic rings. The summed E-state index contributed by atoms with van der Waals surface area (Å²) in [6.07, 6.45) is 4.08. The molecule has 1 aromatic carbocycles. The molecule has 1 fully saturated rings. The number of hydrogen-bond donors (Lipinski definition) is 1. The Morgan fingerprint density at radius 3 is 2.81 bits per heavy atom. The predicted octanol–water partition coefficient (Wildman–Crippen LogP) is 5.92. The van der Waals surface area contributed by atoms with E-state index in [-0.39, 0.29) is 11.7 Å². The van der Waals surface area contributed by atoms with E-state index < -0.39 is 0 Å². The molecule has 1 amide bonds. The second-order valence-corrected chi connectivity index (χ2v) is 8.94. The van der Waals surface area contributed by atoms with Crippen LogP contribution in [0, 0.1) is 13.8 Å². The van der Waals surface area contributed by atoms with E-state index in [4.69, 9.17) is 14.1 Å². The number of anilines is 1. The molecule has 1 unspecified atom stereocenters. The molecule has 164 valence electrons. The first-order valence-corrected chi connectivity index (χ1v) is 11.7. The number of rotatable bonds is 6. The average molecular weight is 448 g/mol. The number of carbonyl (C=O) groups excluding carboxylic acids is 1. The third kappa shape index (κ3) is 4.13. The van der Waals surface area contributed by atoms with Crippen LogP contribution in [-0.4, -0.2) is 28.2 Å². The van der Waals surface area contributed by atoms with E-state index in [2.05, 4.69) is 35.2 Å². The van der Waals surface area contributed by atoms with Gasteiger partial charge < -0.3 is 19.0 Å². The number of carbonyl (C=O) groups is 1. The van der Waals surface area contributed by atoms with E-state index in [1.807, 2.05) is 24.3 Å². The molecule has 5 rings (SSSR count). The van der Waals surface area contributed by atoms with Gasteiger partial charge in [-0.3, -0.25) is 4.79 Å². The third-order valence-electron chi connectivity index (χ3n) is 5.90. The fraction of sp³-hybridized carbons (Fsp3) is 0.280. The van der Waals surface area contributed by atoms with Crippen LogP contribution in [0.25, 0.3) is 21.8 Å². The third-order valence-corrected chi connectivity index (χ3v) is 6.79. The molecule has 0 bridgehead atoms. The Morgan fingerprint density at radius 1 is 1.25 bits per heavy atom. The van der Waals surface area contributed by atoms with Crippen LogP contribution in [-0.2, 0) is 11.3 Å². The molecule has 1 N–H and O–H groups in total. The first kappa shape index (κ1) is 20.7. The van der Waals surface area contributed by atoms with Gasteiger partial charge in [-0.05, 0) is 69.2 Å². The number of aryl methyl sites for hydroxylation is 1. The van der Waals surface area contributed by atoms with E-state index in [9.17, 15) is 4.79 Å². The van der Waals surface area contributed by atoms with E-state index in [0.29, 0.717) is 11.8 Å². The Balaban J connectivity index is 1.32. The number of hydrogen-bond acceptors (Lipinski definition) is 5. The summed E-state index contributed by atoms with van der Waals surface area (Å²) in [5, 5.41) is 5.90. The monoisotopic (exact) mass is 447 g/mol. The summed E-state index contributed by atoms with van der Waals surface area (Å²) in [6.45, 7) is 6.08. The van der Waals surface area contributed by atoms with Crippen LogP contribution < -0.4 is 5.32 Å². The highest BCUT2D eigenvalue weighted by Gasteiger charge is 2.20. The highest BCUT2D eigenvalue weighted by atomic mass is 32.1. The topological polar surface area (TPSA) is 69.3 Å². The molecule has 7 heteroatoms. The SMILES string of the molecule is Cc1cc(-c2csc(-c3ccc(NC(=O)c4ccco4)cc3)n2)c(C)n1CC1CCCO1. The fourth-order valence-electron chi connectivity index (χ4n) is 4.16. The van der Waals surface area contributed by atoms with Gasteiger partial charge >= 0.3 is 0 Å². The number of nitrogens with one attached hydrogen (secondary N) is 1. The van der Waals surface area contributed by atoms with E-state index in [1.165, 1.54) is 23.2 Å². The number of nitrogens with zero attached hydrogens (tertiary/aromatic N) is 2. The van der Waals surface area contributed by atoms with Crippen molar-refractivity contribution in [3.05, 3.63) is 71.3 Å². The Morgan fingerprint density at radius 2 is 2.09 bits per heavy atom. The molecule has 1 atom stereocenters. The van der Waals surface area contributed by atoms with Crippen LogP contribution in [0.15, 0.2) is 58.5 Å². The zero-order chi connectivity index (χ0) is 22.1. The first-order chi connectivity index (χ1) is 15.6. The molecular weight excluding hydrogens is 422 g/mol.